The van der Waals surface area contributed by atoms with Crippen molar-refractivity contribution in [3.8, 4) is 11.5 Å². The molecule has 7 heteroatoms. The van der Waals surface area contributed by atoms with Crippen molar-refractivity contribution in [1.82, 2.24) is 0 Å². The molecule has 0 bridgehead atoms. The van der Waals surface area contributed by atoms with Gasteiger partial charge in [0.15, 0.2) is 5.84 Å². The molecule has 0 aliphatic carbocycles. The molecule has 2 rings (SSSR count). The van der Waals surface area contributed by atoms with E-state index < -0.39 is 5.82 Å². The molecule has 0 atom stereocenters. The number of benzene rings is 2. The van der Waals surface area contributed by atoms with Gasteiger partial charge in [0.2, 0.25) is 0 Å². The molecule has 4 nitrogen and oxygen atoms in total. The molecule has 0 radical (unpaired) electrons. The van der Waals surface area contributed by atoms with Crippen LogP contribution in [-0.2, 0) is 0 Å². The van der Waals surface area contributed by atoms with E-state index in [9.17, 15) is 4.39 Å². The molecule has 20 heavy (non-hydrogen) atoms. The smallest absolute Gasteiger partial charge is 0.173 e. The Morgan fingerprint density at radius 2 is 1.95 bits per heavy atom. The fourth-order valence-corrected chi connectivity index (χ4v) is 1.79. The Hall–Kier alpha value is -1.98. The van der Waals surface area contributed by atoms with Gasteiger partial charge in [0.05, 0.1) is 10.6 Å². The Bertz CT molecular complexity index is 677. The molecule has 0 unspecified atom stereocenters. The summed E-state index contributed by atoms with van der Waals surface area (Å²) in [6.07, 6.45) is 0. The Labute approximate surface area is 124 Å². The van der Waals surface area contributed by atoms with Crippen LogP contribution in [0.1, 0.15) is 5.56 Å². The van der Waals surface area contributed by atoms with Crippen LogP contribution in [0.2, 0.25) is 10.0 Å². The van der Waals surface area contributed by atoms with Gasteiger partial charge in [0.25, 0.3) is 0 Å². The van der Waals surface area contributed by atoms with Crippen LogP contribution >= 0.6 is 23.2 Å². The molecule has 0 saturated carbocycles. The maximum absolute atomic E-state index is 13.4. The second-order valence-electron chi connectivity index (χ2n) is 3.80. The van der Waals surface area contributed by atoms with E-state index >= 15 is 0 Å². The van der Waals surface area contributed by atoms with Gasteiger partial charge in [-0.15, -0.1) is 0 Å². The third-order valence-electron chi connectivity index (χ3n) is 2.45. The number of nitrogens with two attached hydrogens (primary N) is 1. The molecule has 0 heterocycles. The standard InChI is InChI=1S/C13H9Cl2FN2O2/c14-7-1-3-9(13(17)18-19)12(5-7)20-8-2-4-10(15)11(16)6-8/h1-6,19H,(H2,17,18). The van der Waals surface area contributed by atoms with Gasteiger partial charge in [-0.05, 0) is 24.3 Å². The van der Waals surface area contributed by atoms with E-state index in [2.05, 4.69) is 5.16 Å². The molecule has 0 amide bonds. The summed E-state index contributed by atoms with van der Waals surface area (Å²) in [6, 6.07) is 8.53. The molecular formula is C13H9Cl2FN2O2. The predicted molar refractivity (Wildman–Crippen MR) is 75.4 cm³/mol. The highest BCUT2D eigenvalue weighted by Gasteiger charge is 2.11. The van der Waals surface area contributed by atoms with Gasteiger partial charge < -0.3 is 15.7 Å². The minimum Gasteiger partial charge on any atom is -0.456 e. The first-order valence-electron chi connectivity index (χ1n) is 5.41. The van der Waals surface area contributed by atoms with Crippen molar-refractivity contribution in [3.05, 3.63) is 57.8 Å². The number of halogens is 3. The maximum Gasteiger partial charge on any atom is 0.173 e. The number of ether oxygens (including phenoxy) is 1. The van der Waals surface area contributed by atoms with Crippen LogP contribution < -0.4 is 10.5 Å². The number of amidine groups is 1. The normalized spacial score (nSPS) is 11.4. The number of hydrogen-bond donors (Lipinski definition) is 2. The average molecular weight is 315 g/mol. The maximum atomic E-state index is 13.4. The molecule has 0 aliphatic rings. The van der Waals surface area contributed by atoms with Gasteiger partial charge in [-0.2, -0.15) is 0 Å². The molecule has 0 aromatic heterocycles. The summed E-state index contributed by atoms with van der Waals surface area (Å²) in [6.45, 7) is 0. The van der Waals surface area contributed by atoms with Crippen molar-refractivity contribution in [1.29, 1.82) is 0 Å². The van der Waals surface area contributed by atoms with Crippen molar-refractivity contribution in [2.75, 3.05) is 0 Å². The largest absolute Gasteiger partial charge is 0.456 e. The number of hydrogen-bond acceptors (Lipinski definition) is 3. The zero-order chi connectivity index (χ0) is 14.7. The topological polar surface area (TPSA) is 67.8 Å². The summed E-state index contributed by atoms with van der Waals surface area (Å²) in [5.74, 6) is -0.321. The fraction of sp³-hybridized carbons (Fsp3) is 0. The molecule has 0 spiro atoms. The summed E-state index contributed by atoms with van der Waals surface area (Å²) in [5.41, 5.74) is 5.86. The lowest BCUT2D eigenvalue weighted by Gasteiger charge is -2.11. The minimum absolute atomic E-state index is 0.0138. The summed E-state index contributed by atoms with van der Waals surface area (Å²) >= 11 is 11.5. The molecule has 2 aromatic rings. The first-order chi connectivity index (χ1) is 9.51. The van der Waals surface area contributed by atoms with Gasteiger partial charge in [-0.25, -0.2) is 4.39 Å². The predicted octanol–water partition coefficient (Wildman–Crippen LogP) is 4.02. The second kappa shape index (κ2) is 5.98. The lowest BCUT2D eigenvalue weighted by Crippen LogP contribution is -2.14. The molecule has 0 aliphatic heterocycles. The zero-order valence-corrected chi connectivity index (χ0v) is 11.5. The number of oxime groups is 1. The fourth-order valence-electron chi connectivity index (χ4n) is 1.51. The SMILES string of the molecule is N/C(=N/O)c1ccc(Cl)cc1Oc1ccc(Cl)c(F)c1. The molecule has 3 N–H and O–H groups in total. The van der Waals surface area contributed by atoms with Crippen LogP contribution in [0.4, 0.5) is 4.39 Å². The average Bonchev–Trinajstić information content (AvgIpc) is 2.42. The Morgan fingerprint density at radius 1 is 1.20 bits per heavy atom. The van der Waals surface area contributed by atoms with Gasteiger partial charge in [-0.1, -0.05) is 28.4 Å². The molecule has 0 fully saturated rings. The highest BCUT2D eigenvalue weighted by molar-refractivity contribution is 6.31. The second-order valence-corrected chi connectivity index (χ2v) is 4.65. The van der Waals surface area contributed by atoms with E-state index in [1.54, 1.807) is 6.07 Å². The first-order valence-corrected chi connectivity index (χ1v) is 6.17. The zero-order valence-electron chi connectivity index (χ0n) is 9.98. The summed E-state index contributed by atoms with van der Waals surface area (Å²) in [5, 5.41) is 12.0. The van der Waals surface area contributed by atoms with E-state index in [1.807, 2.05) is 0 Å². The quantitative estimate of drug-likeness (QED) is 0.389. The van der Waals surface area contributed by atoms with Crippen molar-refractivity contribution in [2.24, 2.45) is 10.9 Å². The van der Waals surface area contributed by atoms with Crippen molar-refractivity contribution < 1.29 is 14.3 Å². The van der Waals surface area contributed by atoms with Gasteiger partial charge in [0.1, 0.15) is 17.3 Å². The lowest BCUT2D eigenvalue weighted by atomic mass is 10.2. The first kappa shape index (κ1) is 14.4. The Kier molecular flexibility index (Phi) is 4.32. The molecular weight excluding hydrogens is 306 g/mol. The molecule has 0 saturated heterocycles. The minimum atomic E-state index is -0.614. The summed E-state index contributed by atoms with van der Waals surface area (Å²) in [7, 11) is 0. The highest BCUT2D eigenvalue weighted by Crippen LogP contribution is 2.30. The third kappa shape index (κ3) is 3.12. The van der Waals surface area contributed by atoms with Crippen molar-refractivity contribution >= 4 is 29.0 Å². The van der Waals surface area contributed by atoms with Crippen LogP contribution in [0.15, 0.2) is 41.6 Å². The van der Waals surface area contributed by atoms with E-state index in [0.717, 1.165) is 6.07 Å². The van der Waals surface area contributed by atoms with Crippen molar-refractivity contribution in [2.45, 2.75) is 0 Å². The van der Waals surface area contributed by atoms with Crippen LogP contribution in [-0.4, -0.2) is 11.0 Å². The highest BCUT2D eigenvalue weighted by atomic mass is 35.5. The monoisotopic (exact) mass is 314 g/mol. The van der Waals surface area contributed by atoms with E-state index in [4.69, 9.17) is 38.9 Å². The Morgan fingerprint density at radius 3 is 2.60 bits per heavy atom. The third-order valence-corrected chi connectivity index (χ3v) is 2.99. The van der Waals surface area contributed by atoms with Gasteiger partial charge in [0, 0.05) is 17.2 Å². The van der Waals surface area contributed by atoms with Crippen molar-refractivity contribution in [3.63, 3.8) is 0 Å². The summed E-state index contributed by atoms with van der Waals surface area (Å²) < 4.78 is 18.9. The van der Waals surface area contributed by atoms with Crippen LogP contribution in [0.25, 0.3) is 0 Å². The number of nitrogens with zero attached hydrogens (tertiary/aromatic N) is 1. The lowest BCUT2D eigenvalue weighted by molar-refractivity contribution is 0.318. The van der Waals surface area contributed by atoms with E-state index in [0.29, 0.717) is 10.6 Å². The van der Waals surface area contributed by atoms with Crippen LogP contribution in [0, 0.1) is 5.82 Å². The Balaban J connectivity index is 2.41. The molecule has 104 valence electrons. The molecule has 2 aromatic carbocycles. The van der Waals surface area contributed by atoms with Gasteiger partial charge >= 0.3 is 0 Å². The summed E-state index contributed by atoms with van der Waals surface area (Å²) in [4.78, 5) is 0. The van der Waals surface area contributed by atoms with Gasteiger partial charge in [-0.3, -0.25) is 0 Å². The van der Waals surface area contributed by atoms with Crippen LogP contribution in [0.5, 0.6) is 11.5 Å². The van der Waals surface area contributed by atoms with E-state index in [1.165, 1.54) is 24.3 Å². The number of rotatable bonds is 3. The van der Waals surface area contributed by atoms with Crippen LogP contribution in [0.3, 0.4) is 0 Å². The van der Waals surface area contributed by atoms with E-state index in [-0.39, 0.29) is 22.4 Å².